The number of ether oxygens (including phenoxy) is 2. The van der Waals surface area contributed by atoms with Gasteiger partial charge in [0.2, 0.25) is 0 Å². The summed E-state index contributed by atoms with van der Waals surface area (Å²) in [4.78, 5) is 20.2. The predicted octanol–water partition coefficient (Wildman–Crippen LogP) is 5.71. The van der Waals surface area contributed by atoms with Crippen molar-refractivity contribution in [2.24, 2.45) is 33.9 Å². The van der Waals surface area contributed by atoms with Crippen molar-refractivity contribution in [3.8, 4) is 35.4 Å². The number of aryl methyl sites for hydroxylation is 1. The minimum atomic E-state index is -1.02. The van der Waals surface area contributed by atoms with Crippen LogP contribution in [-0.4, -0.2) is 52.5 Å². The lowest BCUT2D eigenvalue weighted by atomic mass is 9.73. The molecule has 2 aromatic carbocycles. The summed E-state index contributed by atoms with van der Waals surface area (Å²) in [5, 5.41) is 26.1. The lowest BCUT2D eigenvalue weighted by molar-refractivity contribution is -0.121. The van der Waals surface area contributed by atoms with Gasteiger partial charge in [-0.1, -0.05) is 67.9 Å². The number of hydrogen-bond donors (Lipinski definition) is 4. The number of allylic oxidation sites excluding steroid dienone is 2. The average molecular weight is 739 g/mol. The first-order chi connectivity index (χ1) is 26.7. The Morgan fingerprint density at radius 2 is 1.96 bits per heavy atom. The van der Waals surface area contributed by atoms with E-state index >= 15 is 0 Å². The first-order valence-corrected chi connectivity index (χ1v) is 20.2. The minimum Gasteiger partial charge on any atom is -0.465 e. The first kappa shape index (κ1) is 36.0. The quantitative estimate of drug-likeness (QED) is 0.219. The molecule has 5 heterocycles. The number of nitrogens with zero attached hydrogens (tertiary/aromatic N) is 2. The van der Waals surface area contributed by atoms with Crippen molar-refractivity contribution in [1.82, 2.24) is 10.2 Å². The lowest BCUT2D eigenvalue weighted by Crippen LogP contribution is -2.47. The molecule has 9 rings (SSSR count). The maximum Gasteiger partial charge on any atom is 0.187 e. The number of carbonyl (C=O) groups excluding carboxylic acids is 1. The van der Waals surface area contributed by atoms with Gasteiger partial charge in [-0.2, -0.15) is 0 Å². The van der Waals surface area contributed by atoms with Gasteiger partial charge in [0.15, 0.2) is 17.7 Å². The van der Waals surface area contributed by atoms with Gasteiger partial charge in [0.05, 0.1) is 29.3 Å². The van der Waals surface area contributed by atoms with Gasteiger partial charge < -0.3 is 30.3 Å². The fraction of sp³-hybridized carbons (Fsp3) is 0.478. The van der Waals surface area contributed by atoms with Crippen LogP contribution in [0.4, 0.5) is 0 Å². The standard InChI is InChI=1S/C46H50N4O5/c1-28-4-8-30(9-5-28)41(53)24-32(51)10-6-29-7-15-42-43(22-29)55-45-38(46(19-21-54-42)17-2-3-18-46)13-14-40(52)34-11-12-35-33(16-20-48-44(35)47)36(34)23-31-25-49-39-27-50(45)26-37(31)39/h4,7-8,11-12,15,22,25,27-28,30,38,40-41,44-45,48,52-53H,2-3,5-6,9-10,16-18,20,23-24,26,47H2,1H3. The topological polar surface area (TPSA) is 130 Å². The number of nitrogens with two attached hydrogens (primary N) is 1. The normalized spacial score (nSPS) is 28.8. The fourth-order valence-electron chi connectivity index (χ4n) is 9.74. The van der Waals surface area contributed by atoms with Crippen LogP contribution in [-0.2, 0) is 24.1 Å². The van der Waals surface area contributed by atoms with Crippen LogP contribution >= 0.6 is 0 Å². The molecule has 0 aromatic heterocycles. The van der Waals surface area contributed by atoms with E-state index in [2.05, 4.69) is 59.4 Å². The van der Waals surface area contributed by atoms with E-state index in [-0.39, 0.29) is 24.3 Å². The summed E-state index contributed by atoms with van der Waals surface area (Å²) in [6, 6.07) is 9.83. The second-order valence-corrected chi connectivity index (χ2v) is 16.6. The Hall–Kier alpha value is -4.64. The molecule has 5 aliphatic heterocycles. The molecule has 1 saturated carbocycles. The molecular formula is C46H50N4O5. The Morgan fingerprint density at radius 3 is 2.80 bits per heavy atom. The van der Waals surface area contributed by atoms with E-state index in [1.54, 1.807) is 0 Å². The largest absolute Gasteiger partial charge is 0.465 e. The van der Waals surface area contributed by atoms with E-state index in [9.17, 15) is 15.0 Å². The zero-order chi connectivity index (χ0) is 37.7. The van der Waals surface area contributed by atoms with Crippen molar-refractivity contribution < 1.29 is 24.5 Å². The van der Waals surface area contributed by atoms with Crippen LogP contribution in [0.5, 0.6) is 11.5 Å². The van der Waals surface area contributed by atoms with Crippen molar-refractivity contribution in [2.75, 3.05) is 13.1 Å². The Balaban J connectivity index is 1.06. The number of aliphatic hydroxyl groups excluding tert-OH is 2. The second-order valence-electron chi connectivity index (χ2n) is 16.6. The number of ketones is 1. The molecule has 2 bridgehead atoms. The highest BCUT2D eigenvalue weighted by Crippen LogP contribution is 2.49. The summed E-state index contributed by atoms with van der Waals surface area (Å²) >= 11 is 0. The van der Waals surface area contributed by atoms with E-state index < -0.39 is 29.8 Å². The van der Waals surface area contributed by atoms with Crippen molar-refractivity contribution in [3.63, 3.8) is 0 Å². The van der Waals surface area contributed by atoms with Crippen LogP contribution in [0.25, 0.3) is 0 Å². The third kappa shape index (κ3) is 6.93. The smallest absolute Gasteiger partial charge is 0.187 e. The van der Waals surface area contributed by atoms with Crippen molar-refractivity contribution in [2.45, 2.75) is 102 Å². The van der Waals surface area contributed by atoms with E-state index in [0.717, 1.165) is 90.6 Å². The number of rotatable bonds is 6. The molecule has 1 spiro atoms. The van der Waals surface area contributed by atoms with E-state index in [1.165, 1.54) is 5.56 Å². The molecule has 0 amide bonds. The number of carbonyl (C=O) groups is 1. The van der Waals surface area contributed by atoms with Gasteiger partial charge in [0.25, 0.3) is 0 Å². The van der Waals surface area contributed by atoms with Gasteiger partial charge in [-0.15, -0.1) is 0 Å². The number of fused-ring (bicyclic) bond motifs is 8. The summed E-state index contributed by atoms with van der Waals surface area (Å²) in [5.41, 5.74) is 14.3. The third-order valence-electron chi connectivity index (χ3n) is 13.0. The molecule has 7 unspecified atom stereocenters. The Labute approximate surface area is 323 Å². The maximum atomic E-state index is 13.1. The number of hydrogen-bond acceptors (Lipinski definition) is 9. The number of Topliss-reactive ketones (excluding diaryl/α,β-unsaturated/α-hetero) is 1. The lowest BCUT2D eigenvalue weighted by Gasteiger charge is -2.39. The third-order valence-corrected chi connectivity index (χ3v) is 13.0. The number of aliphatic hydroxyl groups is 2. The van der Waals surface area contributed by atoms with Gasteiger partial charge in [-0.3, -0.25) is 15.1 Å². The Bertz CT molecular complexity index is 2140. The summed E-state index contributed by atoms with van der Waals surface area (Å²) < 4.78 is 13.3. The summed E-state index contributed by atoms with van der Waals surface area (Å²) in [6.07, 6.45) is 17.0. The van der Waals surface area contributed by atoms with Crippen LogP contribution in [0.2, 0.25) is 0 Å². The minimum absolute atomic E-state index is 0.0348. The summed E-state index contributed by atoms with van der Waals surface area (Å²) in [7, 11) is 0. The molecule has 5 N–H and O–H groups in total. The van der Waals surface area contributed by atoms with Crippen LogP contribution in [0.1, 0.15) is 98.4 Å². The van der Waals surface area contributed by atoms with Crippen LogP contribution < -0.4 is 20.5 Å². The van der Waals surface area contributed by atoms with Gasteiger partial charge in [-0.05, 0) is 90.0 Å². The highest BCUT2D eigenvalue weighted by atomic mass is 16.5. The predicted molar refractivity (Wildman–Crippen MR) is 210 cm³/mol. The average Bonchev–Trinajstić information content (AvgIpc) is 3.93. The highest BCUT2D eigenvalue weighted by molar-refractivity contribution is 5.88. The second kappa shape index (κ2) is 14.8. The highest BCUT2D eigenvalue weighted by Gasteiger charge is 2.48. The molecule has 0 radical (unpaired) electrons. The Morgan fingerprint density at radius 1 is 1.11 bits per heavy atom. The molecular weight excluding hydrogens is 689 g/mol. The first-order valence-electron chi connectivity index (χ1n) is 20.2. The fourth-order valence-corrected chi connectivity index (χ4v) is 9.74. The molecule has 1 fully saturated rings. The Kier molecular flexibility index (Phi) is 9.68. The monoisotopic (exact) mass is 738 g/mol. The molecule has 284 valence electrons. The molecule has 2 aliphatic carbocycles. The molecule has 2 aromatic rings. The van der Waals surface area contributed by atoms with Crippen LogP contribution in [0.15, 0.2) is 70.5 Å². The number of benzene rings is 2. The van der Waals surface area contributed by atoms with E-state index in [0.29, 0.717) is 43.2 Å². The molecule has 9 nitrogen and oxygen atoms in total. The molecule has 0 saturated heterocycles. The van der Waals surface area contributed by atoms with Gasteiger partial charge in [-0.25, -0.2) is 0 Å². The summed E-state index contributed by atoms with van der Waals surface area (Å²) in [6.45, 7) is 3.56. The summed E-state index contributed by atoms with van der Waals surface area (Å²) in [5.74, 6) is 11.7. The number of aliphatic imine (C=N–C) groups is 1. The van der Waals surface area contributed by atoms with E-state index in [4.69, 9.17) is 20.2 Å². The van der Waals surface area contributed by atoms with Gasteiger partial charge >= 0.3 is 0 Å². The maximum absolute atomic E-state index is 13.1. The molecule has 9 heteroatoms. The molecule has 7 atom stereocenters. The molecule has 55 heavy (non-hydrogen) atoms. The SMILES string of the molecule is CC1C=CC(C(O)CC(=O)CCc2ccc3c(c2)OC2C(C#CC(O)c4ccc5c(c4CC4=C6CN2C=C6N=C4)CCNC5N)C2(C#CO3)CCCC2)CC1. The van der Waals surface area contributed by atoms with Crippen LogP contribution in [0.3, 0.4) is 0 Å². The van der Waals surface area contributed by atoms with Crippen molar-refractivity contribution in [3.05, 3.63) is 93.3 Å². The van der Waals surface area contributed by atoms with Crippen molar-refractivity contribution in [1.29, 1.82) is 0 Å². The zero-order valence-corrected chi connectivity index (χ0v) is 31.5. The van der Waals surface area contributed by atoms with Crippen molar-refractivity contribution >= 4 is 12.0 Å². The van der Waals surface area contributed by atoms with E-state index in [1.807, 2.05) is 36.5 Å². The van der Waals surface area contributed by atoms with Crippen LogP contribution in [0, 0.1) is 47.0 Å². The van der Waals surface area contributed by atoms with Gasteiger partial charge in [0, 0.05) is 56.3 Å². The van der Waals surface area contributed by atoms with Gasteiger partial charge in [0.1, 0.15) is 18.0 Å². The molecule has 7 aliphatic rings. The number of nitrogens with one attached hydrogen (secondary N) is 1. The zero-order valence-electron chi connectivity index (χ0n) is 31.5.